The third-order valence-electron chi connectivity index (χ3n) is 2.71. The molecule has 15 heavy (non-hydrogen) atoms. The van der Waals surface area contributed by atoms with Gasteiger partial charge in [-0.05, 0) is 36.8 Å². The van der Waals surface area contributed by atoms with Crippen molar-refractivity contribution in [1.82, 2.24) is 4.98 Å². The lowest BCUT2D eigenvalue weighted by Gasteiger charge is -2.13. The molecule has 1 aromatic heterocycles. The van der Waals surface area contributed by atoms with Gasteiger partial charge in [-0.25, -0.2) is 0 Å². The van der Waals surface area contributed by atoms with Gasteiger partial charge >= 0.3 is 0 Å². The highest BCUT2D eigenvalue weighted by Crippen LogP contribution is 2.32. The second-order valence-electron chi connectivity index (χ2n) is 4.55. The van der Waals surface area contributed by atoms with Gasteiger partial charge in [-0.1, -0.05) is 20.8 Å². The normalized spacial score (nSPS) is 15.7. The summed E-state index contributed by atoms with van der Waals surface area (Å²) in [4.78, 5) is 4.50. The molecule has 1 fully saturated rings. The molecule has 1 aromatic rings. The van der Waals surface area contributed by atoms with Gasteiger partial charge in [0.2, 0.25) is 0 Å². The van der Waals surface area contributed by atoms with Crippen LogP contribution in [0.5, 0.6) is 5.75 Å². The fraction of sp³-hybridized carbons (Fsp3) is 0.615. The molecule has 82 valence electrons. The first-order chi connectivity index (χ1) is 7.20. The average Bonchev–Trinajstić information content (AvgIpc) is 3.01. The second kappa shape index (κ2) is 4.21. The van der Waals surface area contributed by atoms with Crippen LogP contribution in [0.2, 0.25) is 0 Å². The van der Waals surface area contributed by atoms with E-state index in [0.29, 0.717) is 12.0 Å². The number of ether oxygens (including phenoxy) is 1. The Labute approximate surface area is 91.7 Å². The van der Waals surface area contributed by atoms with E-state index in [1.807, 2.05) is 6.20 Å². The smallest absolute Gasteiger partial charge is 0.141 e. The summed E-state index contributed by atoms with van der Waals surface area (Å²) in [5.41, 5.74) is 2.36. The van der Waals surface area contributed by atoms with Gasteiger partial charge < -0.3 is 4.74 Å². The van der Waals surface area contributed by atoms with Crippen LogP contribution in [0, 0.1) is 0 Å². The molecule has 2 nitrogen and oxygen atoms in total. The zero-order chi connectivity index (χ0) is 10.8. The Bertz CT molecular complexity index is 342. The Kier molecular flexibility index (Phi) is 2.94. The van der Waals surface area contributed by atoms with Crippen LogP contribution in [0.25, 0.3) is 0 Å². The van der Waals surface area contributed by atoms with Crippen molar-refractivity contribution in [1.29, 1.82) is 0 Å². The van der Waals surface area contributed by atoms with E-state index >= 15 is 0 Å². The minimum Gasteiger partial charge on any atom is -0.488 e. The Morgan fingerprint density at radius 1 is 1.47 bits per heavy atom. The van der Waals surface area contributed by atoms with Gasteiger partial charge in [-0.2, -0.15) is 0 Å². The van der Waals surface area contributed by atoms with Gasteiger partial charge in [0.25, 0.3) is 0 Å². The molecule has 0 atom stereocenters. The largest absolute Gasteiger partial charge is 0.488 e. The van der Waals surface area contributed by atoms with Crippen LogP contribution in [-0.4, -0.2) is 11.1 Å². The standard InChI is InChI=1S/C13H19NO/c1-4-10-7-12(15-11-5-6-11)13(9(2)3)14-8-10/h7-9,11H,4-6H2,1-3H3. The summed E-state index contributed by atoms with van der Waals surface area (Å²) in [6, 6.07) is 2.15. The Balaban J connectivity index is 2.26. The molecular weight excluding hydrogens is 186 g/mol. The van der Waals surface area contributed by atoms with Crippen LogP contribution in [0.4, 0.5) is 0 Å². The first-order valence-corrected chi connectivity index (χ1v) is 5.86. The molecule has 1 heterocycles. The summed E-state index contributed by atoms with van der Waals surface area (Å²) in [7, 11) is 0. The Morgan fingerprint density at radius 3 is 2.73 bits per heavy atom. The number of rotatable bonds is 4. The van der Waals surface area contributed by atoms with Crippen molar-refractivity contribution in [3.8, 4) is 5.75 Å². The molecule has 1 aliphatic rings. The SMILES string of the molecule is CCc1cnc(C(C)C)c(OC2CC2)c1. The summed E-state index contributed by atoms with van der Waals surface area (Å²) >= 11 is 0. The van der Waals surface area contributed by atoms with Crippen LogP contribution in [0.3, 0.4) is 0 Å². The molecule has 0 amide bonds. The zero-order valence-corrected chi connectivity index (χ0v) is 9.79. The Morgan fingerprint density at radius 2 is 2.20 bits per heavy atom. The zero-order valence-electron chi connectivity index (χ0n) is 9.79. The third kappa shape index (κ3) is 2.49. The lowest BCUT2D eigenvalue weighted by Crippen LogP contribution is -2.04. The van der Waals surface area contributed by atoms with E-state index < -0.39 is 0 Å². The van der Waals surface area contributed by atoms with E-state index in [1.54, 1.807) is 0 Å². The maximum absolute atomic E-state index is 5.90. The molecular formula is C13H19NO. The average molecular weight is 205 g/mol. The monoisotopic (exact) mass is 205 g/mol. The van der Waals surface area contributed by atoms with Gasteiger partial charge in [-0.15, -0.1) is 0 Å². The van der Waals surface area contributed by atoms with Crippen molar-refractivity contribution in [2.75, 3.05) is 0 Å². The molecule has 2 rings (SSSR count). The fourth-order valence-electron chi connectivity index (χ4n) is 1.58. The quantitative estimate of drug-likeness (QED) is 0.752. The van der Waals surface area contributed by atoms with E-state index in [2.05, 4.69) is 31.8 Å². The summed E-state index contributed by atoms with van der Waals surface area (Å²) in [6.45, 7) is 6.47. The first kappa shape index (κ1) is 10.5. The van der Waals surface area contributed by atoms with Crippen molar-refractivity contribution in [2.45, 2.75) is 52.1 Å². The predicted octanol–water partition coefficient (Wildman–Crippen LogP) is 3.31. The topological polar surface area (TPSA) is 22.1 Å². The summed E-state index contributed by atoms with van der Waals surface area (Å²) in [6.07, 6.45) is 5.85. The number of nitrogens with zero attached hydrogens (tertiary/aromatic N) is 1. The molecule has 0 bridgehead atoms. The lowest BCUT2D eigenvalue weighted by atomic mass is 10.1. The number of aromatic nitrogens is 1. The number of hydrogen-bond acceptors (Lipinski definition) is 2. The van der Waals surface area contributed by atoms with Crippen molar-refractivity contribution in [3.05, 3.63) is 23.5 Å². The Hall–Kier alpha value is -1.05. The highest BCUT2D eigenvalue weighted by atomic mass is 16.5. The summed E-state index contributed by atoms with van der Waals surface area (Å²) in [5, 5.41) is 0. The highest BCUT2D eigenvalue weighted by molar-refractivity contribution is 5.34. The summed E-state index contributed by atoms with van der Waals surface area (Å²) in [5.74, 6) is 1.44. The maximum atomic E-state index is 5.90. The van der Waals surface area contributed by atoms with Crippen molar-refractivity contribution >= 4 is 0 Å². The van der Waals surface area contributed by atoms with Crippen molar-refractivity contribution in [2.24, 2.45) is 0 Å². The molecule has 0 N–H and O–H groups in total. The molecule has 0 spiro atoms. The van der Waals surface area contributed by atoms with Gasteiger partial charge in [0.15, 0.2) is 0 Å². The van der Waals surface area contributed by atoms with Crippen LogP contribution >= 0.6 is 0 Å². The van der Waals surface area contributed by atoms with Crippen molar-refractivity contribution in [3.63, 3.8) is 0 Å². The van der Waals surface area contributed by atoms with E-state index in [-0.39, 0.29) is 0 Å². The minimum atomic E-state index is 0.435. The maximum Gasteiger partial charge on any atom is 0.141 e. The molecule has 0 radical (unpaired) electrons. The van der Waals surface area contributed by atoms with E-state index in [4.69, 9.17) is 4.74 Å². The van der Waals surface area contributed by atoms with Gasteiger partial charge in [0, 0.05) is 6.20 Å². The van der Waals surface area contributed by atoms with Gasteiger partial charge in [0.1, 0.15) is 5.75 Å². The van der Waals surface area contributed by atoms with Gasteiger partial charge in [-0.3, -0.25) is 4.98 Å². The third-order valence-corrected chi connectivity index (χ3v) is 2.71. The molecule has 0 saturated heterocycles. The van der Waals surface area contributed by atoms with Gasteiger partial charge in [0.05, 0.1) is 11.8 Å². The second-order valence-corrected chi connectivity index (χ2v) is 4.55. The number of hydrogen-bond donors (Lipinski definition) is 0. The fourth-order valence-corrected chi connectivity index (χ4v) is 1.58. The van der Waals surface area contributed by atoms with Crippen LogP contribution in [0.15, 0.2) is 12.3 Å². The predicted molar refractivity (Wildman–Crippen MR) is 61.4 cm³/mol. The molecule has 0 aromatic carbocycles. The van der Waals surface area contributed by atoms with E-state index in [9.17, 15) is 0 Å². The minimum absolute atomic E-state index is 0.435. The van der Waals surface area contributed by atoms with Crippen molar-refractivity contribution < 1.29 is 4.74 Å². The number of pyridine rings is 1. The highest BCUT2D eigenvalue weighted by Gasteiger charge is 2.25. The molecule has 2 heteroatoms. The molecule has 1 saturated carbocycles. The van der Waals surface area contributed by atoms with Crippen LogP contribution in [0.1, 0.15) is 50.8 Å². The van der Waals surface area contributed by atoms with Crippen LogP contribution < -0.4 is 4.74 Å². The molecule has 0 aliphatic heterocycles. The lowest BCUT2D eigenvalue weighted by molar-refractivity contribution is 0.296. The van der Waals surface area contributed by atoms with Crippen LogP contribution in [-0.2, 0) is 6.42 Å². The number of aryl methyl sites for hydroxylation is 1. The molecule has 0 unspecified atom stereocenters. The first-order valence-electron chi connectivity index (χ1n) is 5.86. The summed E-state index contributed by atoms with van der Waals surface area (Å²) < 4.78 is 5.90. The molecule has 1 aliphatic carbocycles. The van der Waals surface area contributed by atoms with E-state index in [0.717, 1.165) is 17.9 Å². The van der Waals surface area contributed by atoms with E-state index in [1.165, 1.54) is 18.4 Å².